The summed E-state index contributed by atoms with van der Waals surface area (Å²) in [5, 5.41) is 7.35. The summed E-state index contributed by atoms with van der Waals surface area (Å²) >= 11 is 0. The van der Waals surface area contributed by atoms with Gasteiger partial charge in [0, 0.05) is 5.56 Å². The van der Waals surface area contributed by atoms with Crippen LogP contribution in [0.4, 0.5) is 9.59 Å². The number of carbonyl (C=O) groups is 2. The Bertz CT molecular complexity index is 520. The van der Waals surface area contributed by atoms with E-state index in [4.69, 9.17) is 11.5 Å². The Morgan fingerprint density at radius 1 is 1.11 bits per heavy atom. The van der Waals surface area contributed by atoms with Crippen LogP contribution in [0.3, 0.4) is 0 Å². The molecular formula is C11H14N6O2. The van der Waals surface area contributed by atoms with Crippen LogP contribution in [0.2, 0.25) is 0 Å². The minimum absolute atomic E-state index is 0.313. The smallest absolute Gasteiger partial charge is 0.332 e. The van der Waals surface area contributed by atoms with Crippen LogP contribution in [-0.2, 0) is 0 Å². The minimum Gasteiger partial charge on any atom is -0.350 e. The summed E-state index contributed by atoms with van der Waals surface area (Å²) in [6.07, 6.45) is 1.24. The molecule has 0 radical (unpaired) electrons. The molecule has 0 atom stereocenters. The number of aryl methyl sites for hydroxylation is 1. The summed E-state index contributed by atoms with van der Waals surface area (Å²) in [4.78, 5) is 21.1. The molecule has 0 unspecified atom stereocenters. The van der Waals surface area contributed by atoms with E-state index < -0.39 is 12.1 Å². The van der Waals surface area contributed by atoms with Gasteiger partial charge in [0.25, 0.3) is 0 Å². The summed E-state index contributed by atoms with van der Waals surface area (Å²) in [7, 11) is 0. The van der Waals surface area contributed by atoms with E-state index >= 15 is 0 Å². The molecule has 6 N–H and O–H groups in total. The van der Waals surface area contributed by atoms with Gasteiger partial charge in [-0.3, -0.25) is 0 Å². The van der Waals surface area contributed by atoms with Crippen molar-refractivity contribution in [1.29, 1.82) is 0 Å². The van der Waals surface area contributed by atoms with Gasteiger partial charge in [-0.2, -0.15) is 10.2 Å². The molecule has 0 aliphatic rings. The van der Waals surface area contributed by atoms with E-state index in [0.717, 1.165) is 5.56 Å². The van der Waals surface area contributed by atoms with Crippen molar-refractivity contribution >= 4 is 24.0 Å². The Morgan fingerprint density at radius 3 is 2.21 bits per heavy atom. The molecule has 0 saturated heterocycles. The number of carbonyl (C=O) groups excluding carboxylic acids is 2. The standard InChI is InChI=1S/C11H14N6O2/c1-7-2-4-8(5-3-7)9(15-17-11(13)19)6-14-16-10(12)18/h2-6H,1H3,(H3,12,16,18)(H3,13,17,19)/b14-6-,15-9+. The van der Waals surface area contributed by atoms with E-state index in [0.29, 0.717) is 11.3 Å². The van der Waals surface area contributed by atoms with E-state index in [1.54, 1.807) is 12.1 Å². The maximum atomic E-state index is 10.6. The first-order valence-electron chi connectivity index (χ1n) is 5.27. The van der Waals surface area contributed by atoms with Gasteiger partial charge in [0.2, 0.25) is 0 Å². The molecule has 8 heteroatoms. The van der Waals surface area contributed by atoms with E-state index in [1.165, 1.54) is 6.21 Å². The first-order valence-corrected chi connectivity index (χ1v) is 5.27. The Hall–Kier alpha value is -2.90. The van der Waals surface area contributed by atoms with Gasteiger partial charge in [0.05, 0.1) is 6.21 Å². The second-order valence-corrected chi connectivity index (χ2v) is 3.57. The van der Waals surface area contributed by atoms with Gasteiger partial charge < -0.3 is 11.5 Å². The van der Waals surface area contributed by atoms with Crippen LogP contribution < -0.4 is 22.3 Å². The highest BCUT2D eigenvalue weighted by Gasteiger charge is 2.02. The number of amides is 4. The van der Waals surface area contributed by atoms with Gasteiger partial charge in [-0.05, 0) is 6.92 Å². The van der Waals surface area contributed by atoms with Crippen molar-refractivity contribution in [2.75, 3.05) is 0 Å². The van der Waals surface area contributed by atoms with Crippen molar-refractivity contribution in [2.24, 2.45) is 21.7 Å². The fourth-order valence-electron chi connectivity index (χ4n) is 1.16. The number of nitrogens with one attached hydrogen (secondary N) is 2. The number of hydrogen-bond acceptors (Lipinski definition) is 4. The number of primary amides is 2. The average molecular weight is 262 g/mol. The van der Waals surface area contributed by atoms with Gasteiger partial charge >= 0.3 is 12.1 Å². The summed E-state index contributed by atoms with van der Waals surface area (Å²) in [5.41, 5.74) is 16.0. The maximum Gasteiger partial charge on any atom is 0.332 e. The molecule has 0 aliphatic carbocycles. The fraction of sp³-hybridized carbons (Fsp3) is 0.0909. The van der Waals surface area contributed by atoms with E-state index in [-0.39, 0.29) is 0 Å². The summed E-state index contributed by atoms with van der Waals surface area (Å²) in [5.74, 6) is 0. The predicted molar refractivity (Wildman–Crippen MR) is 71.6 cm³/mol. The first-order chi connectivity index (χ1) is 8.99. The fourth-order valence-corrected chi connectivity index (χ4v) is 1.16. The SMILES string of the molecule is Cc1ccc(C(/C=N\NC(N)=O)=N/NC(N)=O)cc1. The van der Waals surface area contributed by atoms with Gasteiger partial charge in [-0.25, -0.2) is 20.4 Å². The zero-order valence-corrected chi connectivity index (χ0v) is 10.3. The third-order valence-electron chi connectivity index (χ3n) is 2.00. The Morgan fingerprint density at radius 2 is 1.68 bits per heavy atom. The van der Waals surface area contributed by atoms with Gasteiger partial charge in [-0.1, -0.05) is 29.8 Å². The molecule has 1 rings (SSSR count). The molecule has 100 valence electrons. The van der Waals surface area contributed by atoms with Crippen molar-refractivity contribution in [3.63, 3.8) is 0 Å². The zero-order valence-electron chi connectivity index (χ0n) is 10.3. The van der Waals surface area contributed by atoms with E-state index in [2.05, 4.69) is 15.6 Å². The first kappa shape index (κ1) is 14.2. The summed E-state index contributed by atoms with van der Waals surface area (Å²) < 4.78 is 0. The highest BCUT2D eigenvalue weighted by molar-refractivity contribution is 6.38. The van der Waals surface area contributed by atoms with Crippen LogP contribution >= 0.6 is 0 Å². The van der Waals surface area contributed by atoms with E-state index in [9.17, 15) is 9.59 Å². The van der Waals surface area contributed by atoms with Gasteiger partial charge in [0.1, 0.15) is 5.71 Å². The monoisotopic (exact) mass is 262 g/mol. The normalized spacial score (nSPS) is 11.3. The third kappa shape index (κ3) is 5.31. The number of hydrogen-bond donors (Lipinski definition) is 4. The maximum absolute atomic E-state index is 10.6. The molecular weight excluding hydrogens is 248 g/mol. The molecule has 0 heterocycles. The lowest BCUT2D eigenvalue weighted by Crippen LogP contribution is -2.27. The Balaban J connectivity index is 2.94. The predicted octanol–water partition coefficient (Wildman–Crippen LogP) is 0.0215. The quantitative estimate of drug-likeness (QED) is 0.449. The molecule has 0 saturated carbocycles. The van der Waals surface area contributed by atoms with Crippen LogP contribution in [0.15, 0.2) is 34.5 Å². The summed E-state index contributed by atoms with van der Waals surface area (Å²) in [6.45, 7) is 1.94. The lowest BCUT2D eigenvalue weighted by molar-refractivity contribution is 0.248. The van der Waals surface area contributed by atoms with Crippen molar-refractivity contribution < 1.29 is 9.59 Å². The van der Waals surface area contributed by atoms with Crippen molar-refractivity contribution in [2.45, 2.75) is 6.92 Å². The van der Waals surface area contributed by atoms with Gasteiger partial charge in [-0.15, -0.1) is 0 Å². The van der Waals surface area contributed by atoms with E-state index in [1.807, 2.05) is 24.5 Å². The molecule has 0 aliphatic heterocycles. The molecule has 0 bridgehead atoms. The molecule has 19 heavy (non-hydrogen) atoms. The molecule has 1 aromatic rings. The van der Waals surface area contributed by atoms with Crippen LogP contribution in [0.25, 0.3) is 0 Å². The van der Waals surface area contributed by atoms with Crippen molar-refractivity contribution in [3.8, 4) is 0 Å². The zero-order chi connectivity index (χ0) is 14.3. The lowest BCUT2D eigenvalue weighted by Gasteiger charge is -2.02. The number of nitrogens with zero attached hydrogens (tertiary/aromatic N) is 2. The lowest BCUT2D eigenvalue weighted by atomic mass is 10.1. The number of hydrazone groups is 2. The highest BCUT2D eigenvalue weighted by atomic mass is 16.2. The average Bonchev–Trinajstić information content (AvgIpc) is 2.34. The minimum atomic E-state index is -0.805. The number of urea groups is 2. The van der Waals surface area contributed by atoms with Crippen molar-refractivity contribution in [1.82, 2.24) is 10.9 Å². The molecule has 0 aromatic heterocycles. The highest BCUT2D eigenvalue weighted by Crippen LogP contribution is 2.03. The molecule has 0 fully saturated rings. The van der Waals surface area contributed by atoms with Crippen LogP contribution in [0, 0.1) is 6.92 Å². The molecule has 1 aromatic carbocycles. The number of nitrogens with two attached hydrogens (primary N) is 2. The molecule has 8 nitrogen and oxygen atoms in total. The Labute approximate surface area is 109 Å². The molecule has 4 amide bonds. The van der Waals surface area contributed by atoms with Gasteiger partial charge in [0.15, 0.2) is 0 Å². The summed E-state index contributed by atoms with van der Waals surface area (Å²) in [6, 6.07) is 5.69. The molecule has 0 spiro atoms. The second-order valence-electron chi connectivity index (χ2n) is 3.57. The number of rotatable bonds is 4. The topological polar surface area (TPSA) is 135 Å². The van der Waals surface area contributed by atoms with Crippen LogP contribution in [0.1, 0.15) is 11.1 Å². The van der Waals surface area contributed by atoms with Crippen LogP contribution in [0.5, 0.6) is 0 Å². The number of benzene rings is 1. The van der Waals surface area contributed by atoms with Crippen LogP contribution in [-0.4, -0.2) is 24.0 Å². The second kappa shape index (κ2) is 6.74. The Kier molecular flexibility index (Phi) is 5.03. The third-order valence-corrected chi connectivity index (χ3v) is 2.00. The largest absolute Gasteiger partial charge is 0.350 e. The van der Waals surface area contributed by atoms with Crippen molar-refractivity contribution in [3.05, 3.63) is 35.4 Å².